The molecule has 3 unspecified atom stereocenters. The Labute approximate surface area is 199 Å². The molecule has 0 radical (unpaired) electrons. The van der Waals surface area contributed by atoms with E-state index in [4.69, 9.17) is 0 Å². The molecule has 0 aliphatic heterocycles. The largest absolute Gasteiger partial charge is 0.295 e. The Balaban J connectivity index is 1.57. The second kappa shape index (κ2) is 10.2. The van der Waals surface area contributed by atoms with Gasteiger partial charge >= 0.3 is 0 Å². The van der Waals surface area contributed by atoms with Crippen LogP contribution in [-0.4, -0.2) is 17.3 Å². The highest BCUT2D eigenvalue weighted by atomic mass is 16.1. The van der Waals surface area contributed by atoms with Gasteiger partial charge in [-0.3, -0.25) is 14.4 Å². The molecule has 0 amide bonds. The van der Waals surface area contributed by atoms with Crippen LogP contribution in [0.15, 0.2) is 70.4 Å². The monoisotopic (exact) mass is 446 g/mol. The lowest BCUT2D eigenvalue weighted by Gasteiger charge is -2.17. The zero-order valence-corrected chi connectivity index (χ0v) is 21.0. The number of Topliss-reactive ketones (excluding diaryl/α,β-unsaturated/α-hetero) is 3. The molecule has 3 rings (SSSR count). The summed E-state index contributed by atoms with van der Waals surface area (Å²) < 4.78 is 0. The molecule has 3 aliphatic carbocycles. The lowest BCUT2D eigenvalue weighted by molar-refractivity contribution is -0.116. The Hall–Kier alpha value is -2.55. The summed E-state index contributed by atoms with van der Waals surface area (Å²) in [7, 11) is 0. The average Bonchev–Trinajstić information content (AvgIpc) is 3.39. The summed E-state index contributed by atoms with van der Waals surface area (Å²) in [4.78, 5) is 38.4. The minimum atomic E-state index is 0.00955. The third-order valence-electron chi connectivity index (χ3n) is 6.78. The third-order valence-corrected chi connectivity index (χ3v) is 6.78. The smallest absolute Gasteiger partial charge is 0.163 e. The van der Waals surface area contributed by atoms with E-state index < -0.39 is 0 Å². The first-order chi connectivity index (χ1) is 15.4. The molecule has 0 heterocycles. The van der Waals surface area contributed by atoms with Gasteiger partial charge in [-0.15, -0.1) is 0 Å². The highest BCUT2D eigenvalue weighted by Gasteiger charge is 2.27. The normalized spacial score (nSPS) is 24.3. The average molecular weight is 447 g/mol. The molecule has 176 valence electrons. The first-order valence-electron chi connectivity index (χ1n) is 12.3. The van der Waals surface area contributed by atoms with E-state index in [1.54, 1.807) is 0 Å². The zero-order chi connectivity index (χ0) is 24.3. The van der Waals surface area contributed by atoms with Crippen LogP contribution in [-0.2, 0) is 14.4 Å². The Morgan fingerprint density at radius 1 is 0.758 bits per heavy atom. The Kier molecular flexibility index (Phi) is 7.72. The first-order valence-corrected chi connectivity index (χ1v) is 12.3. The molecule has 0 spiro atoms. The molecule has 0 aromatic heterocycles. The predicted molar refractivity (Wildman–Crippen MR) is 135 cm³/mol. The quantitative estimate of drug-likeness (QED) is 0.370. The van der Waals surface area contributed by atoms with Crippen molar-refractivity contribution in [1.82, 2.24) is 0 Å². The minimum absolute atomic E-state index is 0.00955. The molecule has 0 saturated heterocycles. The predicted octanol–water partition coefficient (Wildman–Crippen LogP) is 6.83. The maximum Gasteiger partial charge on any atom is 0.163 e. The maximum absolute atomic E-state index is 13.1. The van der Waals surface area contributed by atoms with Crippen LogP contribution in [0.2, 0.25) is 0 Å². The molecular formula is C30H38O3. The molecule has 0 saturated carbocycles. The molecule has 3 nitrogen and oxygen atoms in total. The van der Waals surface area contributed by atoms with Crippen molar-refractivity contribution in [2.45, 2.75) is 73.6 Å². The van der Waals surface area contributed by atoms with Crippen molar-refractivity contribution in [2.75, 3.05) is 0 Å². The summed E-state index contributed by atoms with van der Waals surface area (Å²) in [5, 5.41) is 0. The zero-order valence-electron chi connectivity index (χ0n) is 21.0. The SMILES string of the molecule is CC1C=C(CC(=O)C2=CC(CC(=O)C3=CC=CC3C)=CC2C)C=C1C(=O)CCCC(C)(C)C. The summed E-state index contributed by atoms with van der Waals surface area (Å²) >= 11 is 0. The minimum Gasteiger partial charge on any atom is -0.295 e. The number of carbonyl (C=O) groups is 3. The van der Waals surface area contributed by atoms with E-state index in [2.05, 4.69) is 20.8 Å². The van der Waals surface area contributed by atoms with Crippen LogP contribution in [0.5, 0.6) is 0 Å². The number of hydrogen-bond acceptors (Lipinski definition) is 3. The topological polar surface area (TPSA) is 51.2 Å². The maximum atomic E-state index is 13.1. The van der Waals surface area contributed by atoms with Gasteiger partial charge in [-0.2, -0.15) is 0 Å². The van der Waals surface area contributed by atoms with Gasteiger partial charge in [-0.05, 0) is 29.4 Å². The summed E-state index contributed by atoms with van der Waals surface area (Å²) in [6, 6.07) is 0. The second-order valence-corrected chi connectivity index (χ2v) is 11.1. The van der Waals surface area contributed by atoms with Crippen molar-refractivity contribution in [2.24, 2.45) is 23.2 Å². The highest BCUT2D eigenvalue weighted by molar-refractivity contribution is 6.02. The van der Waals surface area contributed by atoms with Crippen LogP contribution in [0, 0.1) is 23.2 Å². The van der Waals surface area contributed by atoms with Crippen LogP contribution in [0.4, 0.5) is 0 Å². The highest BCUT2D eigenvalue weighted by Crippen LogP contribution is 2.33. The van der Waals surface area contributed by atoms with Gasteiger partial charge in [0, 0.05) is 53.7 Å². The summed E-state index contributed by atoms with van der Waals surface area (Å²) in [6.07, 6.45) is 16.9. The van der Waals surface area contributed by atoms with Gasteiger partial charge in [-0.25, -0.2) is 0 Å². The van der Waals surface area contributed by atoms with E-state index in [0.717, 1.165) is 40.7 Å². The molecular weight excluding hydrogens is 408 g/mol. The summed E-state index contributed by atoms with van der Waals surface area (Å²) in [5.41, 5.74) is 4.52. The summed E-state index contributed by atoms with van der Waals surface area (Å²) in [6.45, 7) is 12.6. The molecule has 3 heteroatoms. The van der Waals surface area contributed by atoms with Crippen LogP contribution in [0.3, 0.4) is 0 Å². The van der Waals surface area contributed by atoms with Gasteiger partial charge in [0.1, 0.15) is 0 Å². The van der Waals surface area contributed by atoms with Gasteiger partial charge in [0.2, 0.25) is 0 Å². The van der Waals surface area contributed by atoms with Crippen molar-refractivity contribution in [3.05, 3.63) is 70.4 Å². The van der Waals surface area contributed by atoms with E-state index in [-0.39, 0.29) is 40.5 Å². The molecule has 3 aliphatic rings. The van der Waals surface area contributed by atoms with E-state index in [1.165, 1.54) is 0 Å². The Morgan fingerprint density at radius 2 is 1.27 bits per heavy atom. The Morgan fingerprint density at radius 3 is 1.76 bits per heavy atom. The van der Waals surface area contributed by atoms with Crippen LogP contribution in [0.1, 0.15) is 73.6 Å². The van der Waals surface area contributed by atoms with E-state index in [0.29, 0.717) is 19.3 Å². The molecule has 0 aromatic rings. The van der Waals surface area contributed by atoms with E-state index >= 15 is 0 Å². The van der Waals surface area contributed by atoms with Gasteiger partial charge < -0.3 is 0 Å². The third kappa shape index (κ3) is 6.50. The molecule has 0 bridgehead atoms. The lowest BCUT2D eigenvalue weighted by atomic mass is 9.88. The van der Waals surface area contributed by atoms with Crippen molar-refractivity contribution in [1.29, 1.82) is 0 Å². The fourth-order valence-electron chi connectivity index (χ4n) is 4.90. The van der Waals surface area contributed by atoms with Crippen molar-refractivity contribution >= 4 is 17.3 Å². The Bertz CT molecular complexity index is 1020. The number of ketones is 3. The molecule has 0 fully saturated rings. The molecule has 0 aromatic carbocycles. The number of allylic oxidation sites excluding steroid dienone is 12. The van der Waals surface area contributed by atoms with E-state index in [9.17, 15) is 14.4 Å². The number of carbonyl (C=O) groups excluding carboxylic acids is 3. The van der Waals surface area contributed by atoms with Crippen LogP contribution >= 0.6 is 0 Å². The second-order valence-electron chi connectivity index (χ2n) is 11.1. The molecule has 3 atom stereocenters. The van der Waals surface area contributed by atoms with Crippen molar-refractivity contribution in [3.8, 4) is 0 Å². The first kappa shape index (κ1) is 25.1. The summed E-state index contributed by atoms with van der Waals surface area (Å²) in [5.74, 6) is 0.636. The van der Waals surface area contributed by atoms with Crippen molar-refractivity contribution < 1.29 is 14.4 Å². The van der Waals surface area contributed by atoms with Crippen molar-refractivity contribution in [3.63, 3.8) is 0 Å². The van der Waals surface area contributed by atoms with Crippen LogP contribution in [0.25, 0.3) is 0 Å². The van der Waals surface area contributed by atoms with Crippen LogP contribution < -0.4 is 0 Å². The van der Waals surface area contributed by atoms with Gasteiger partial charge in [-0.1, -0.05) is 84.1 Å². The number of rotatable bonds is 10. The molecule has 0 N–H and O–H groups in total. The lowest BCUT2D eigenvalue weighted by Crippen LogP contribution is -2.10. The fraction of sp³-hybridized carbons (Fsp3) is 0.500. The molecule has 33 heavy (non-hydrogen) atoms. The van der Waals surface area contributed by atoms with Gasteiger partial charge in [0.05, 0.1) is 0 Å². The number of hydrogen-bond donors (Lipinski definition) is 0. The van der Waals surface area contributed by atoms with E-state index in [1.807, 2.05) is 63.3 Å². The standard InChI is InChI=1S/C30H38O3/c1-19-9-7-10-24(19)28(32)17-23-14-21(3)26(16-23)29(33)18-22-13-20(2)25(15-22)27(31)11-8-12-30(4,5)6/h7,9-10,13-16,19-21H,8,11-12,17-18H2,1-6H3. The fourth-order valence-corrected chi connectivity index (χ4v) is 4.90. The van der Waals surface area contributed by atoms with Gasteiger partial charge in [0.25, 0.3) is 0 Å². The van der Waals surface area contributed by atoms with Gasteiger partial charge in [0.15, 0.2) is 17.3 Å².